The number of hydrazone groups is 1. The van der Waals surface area contributed by atoms with E-state index < -0.39 is 10.1 Å². The molecule has 3 aromatic carbocycles. The van der Waals surface area contributed by atoms with Crippen LogP contribution in [0, 0.1) is 6.92 Å². The van der Waals surface area contributed by atoms with Gasteiger partial charge in [0.2, 0.25) is 5.91 Å². The lowest BCUT2D eigenvalue weighted by Gasteiger charge is -2.07. The van der Waals surface area contributed by atoms with Gasteiger partial charge in [0, 0.05) is 6.42 Å². The summed E-state index contributed by atoms with van der Waals surface area (Å²) in [6.45, 7) is 1.88. The normalized spacial score (nSPS) is 11.4. The van der Waals surface area contributed by atoms with E-state index in [0.29, 0.717) is 12.0 Å². The van der Waals surface area contributed by atoms with E-state index in [1.54, 1.807) is 24.3 Å². The maximum atomic E-state index is 12.3. The minimum absolute atomic E-state index is 0.0960. The summed E-state index contributed by atoms with van der Waals surface area (Å²) in [7, 11) is -3.89. The Morgan fingerprint density at radius 2 is 1.65 bits per heavy atom. The maximum absolute atomic E-state index is 12.3. The molecule has 160 valence electrons. The summed E-state index contributed by atoms with van der Waals surface area (Å²) in [6, 6.07) is 22.8. The number of amides is 1. The SMILES string of the molecule is Cc1ccc(S(=O)(=O)Oc2ccc(/C=N\NC(=O)CCCc3ccccc3)cc2)cc1. The number of nitrogens with zero attached hydrogens (tertiary/aromatic N) is 1. The van der Waals surface area contributed by atoms with Gasteiger partial charge in [-0.2, -0.15) is 13.5 Å². The Morgan fingerprint density at radius 3 is 2.32 bits per heavy atom. The smallest absolute Gasteiger partial charge is 0.339 e. The average Bonchev–Trinajstić information content (AvgIpc) is 2.76. The molecule has 0 saturated carbocycles. The molecule has 0 aliphatic rings. The predicted molar refractivity (Wildman–Crippen MR) is 121 cm³/mol. The second-order valence-electron chi connectivity index (χ2n) is 7.05. The van der Waals surface area contributed by atoms with Gasteiger partial charge in [-0.3, -0.25) is 4.79 Å². The number of aryl methyl sites for hydroxylation is 2. The second-order valence-corrected chi connectivity index (χ2v) is 8.60. The van der Waals surface area contributed by atoms with E-state index in [4.69, 9.17) is 4.18 Å². The highest BCUT2D eigenvalue weighted by Crippen LogP contribution is 2.19. The molecule has 7 heteroatoms. The van der Waals surface area contributed by atoms with Gasteiger partial charge in [0.1, 0.15) is 10.6 Å². The molecule has 1 amide bonds. The van der Waals surface area contributed by atoms with Crippen molar-refractivity contribution in [2.45, 2.75) is 31.1 Å². The first-order valence-electron chi connectivity index (χ1n) is 9.89. The zero-order chi connectivity index (χ0) is 22.1. The fourth-order valence-electron chi connectivity index (χ4n) is 2.82. The molecule has 0 spiro atoms. The fourth-order valence-corrected chi connectivity index (χ4v) is 3.75. The third-order valence-corrected chi connectivity index (χ3v) is 5.77. The molecule has 0 aliphatic heterocycles. The molecule has 0 unspecified atom stereocenters. The molecular weight excluding hydrogens is 412 g/mol. The number of benzene rings is 3. The topological polar surface area (TPSA) is 84.8 Å². The van der Waals surface area contributed by atoms with Crippen molar-refractivity contribution in [3.05, 3.63) is 95.6 Å². The highest BCUT2D eigenvalue weighted by atomic mass is 32.2. The molecule has 0 aliphatic carbocycles. The zero-order valence-corrected chi connectivity index (χ0v) is 18.0. The molecular formula is C24H24N2O4S. The Hall–Kier alpha value is -3.45. The third kappa shape index (κ3) is 7.08. The van der Waals surface area contributed by atoms with Crippen LogP contribution in [0.4, 0.5) is 0 Å². The molecule has 3 aromatic rings. The number of carbonyl (C=O) groups is 1. The van der Waals surface area contributed by atoms with Crippen molar-refractivity contribution in [2.75, 3.05) is 0 Å². The van der Waals surface area contributed by atoms with Gasteiger partial charge in [-0.15, -0.1) is 0 Å². The van der Waals surface area contributed by atoms with E-state index in [-0.39, 0.29) is 16.6 Å². The Bertz CT molecular complexity index is 1120. The standard InChI is InChI=1S/C24H24N2O4S/c1-19-10-16-23(17-11-19)31(28,29)30-22-14-12-21(13-15-22)18-25-26-24(27)9-5-8-20-6-3-2-4-7-20/h2-4,6-7,10-18H,5,8-9H2,1H3,(H,26,27)/b25-18-. The largest absolute Gasteiger partial charge is 0.379 e. The van der Waals surface area contributed by atoms with E-state index in [1.165, 1.54) is 36.0 Å². The first-order chi connectivity index (χ1) is 14.9. The van der Waals surface area contributed by atoms with Crippen LogP contribution in [0.15, 0.2) is 88.9 Å². The predicted octanol–water partition coefficient (Wildman–Crippen LogP) is 4.24. The van der Waals surface area contributed by atoms with Crippen LogP contribution in [0.3, 0.4) is 0 Å². The van der Waals surface area contributed by atoms with Gasteiger partial charge in [0.05, 0.1) is 6.21 Å². The molecule has 0 radical (unpaired) electrons. The van der Waals surface area contributed by atoms with Crippen molar-refractivity contribution >= 4 is 22.2 Å². The number of hydrogen-bond acceptors (Lipinski definition) is 5. The molecule has 3 rings (SSSR count). The first kappa shape index (κ1) is 22.2. The summed E-state index contributed by atoms with van der Waals surface area (Å²) in [5, 5.41) is 3.94. The summed E-state index contributed by atoms with van der Waals surface area (Å²) in [5.74, 6) is 0.0407. The van der Waals surface area contributed by atoms with Crippen molar-refractivity contribution in [3.63, 3.8) is 0 Å². The Kier molecular flexibility index (Phi) is 7.56. The van der Waals surface area contributed by atoms with Gasteiger partial charge >= 0.3 is 10.1 Å². The van der Waals surface area contributed by atoms with Crippen molar-refractivity contribution in [1.82, 2.24) is 5.43 Å². The molecule has 0 heterocycles. The molecule has 1 N–H and O–H groups in total. The van der Waals surface area contributed by atoms with Crippen LogP contribution in [-0.2, 0) is 21.3 Å². The number of carbonyl (C=O) groups excluding carboxylic acids is 1. The molecule has 0 fully saturated rings. The quantitative estimate of drug-likeness (QED) is 0.309. The molecule has 31 heavy (non-hydrogen) atoms. The summed E-state index contributed by atoms with van der Waals surface area (Å²) in [6.07, 6.45) is 3.46. The van der Waals surface area contributed by atoms with Crippen molar-refractivity contribution in [2.24, 2.45) is 5.10 Å². The van der Waals surface area contributed by atoms with Crippen LogP contribution in [0.25, 0.3) is 0 Å². The van der Waals surface area contributed by atoms with Crippen LogP contribution in [0.5, 0.6) is 5.75 Å². The van der Waals surface area contributed by atoms with Crippen LogP contribution in [0.1, 0.15) is 29.5 Å². The van der Waals surface area contributed by atoms with Gasteiger partial charge < -0.3 is 4.18 Å². The van der Waals surface area contributed by atoms with E-state index in [0.717, 1.165) is 18.4 Å². The zero-order valence-electron chi connectivity index (χ0n) is 17.2. The lowest BCUT2D eigenvalue weighted by Crippen LogP contribution is -2.17. The van der Waals surface area contributed by atoms with Crippen molar-refractivity contribution in [1.29, 1.82) is 0 Å². The van der Waals surface area contributed by atoms with E-state index in [1.807, 2.05) is 37.3 Å². The summed E-state index contributed by atoms with van der Waals surface area (Å²) >= 11 is 0. The van der Waals surface area contributed by atoms with Crippen molar-refractivity contribution in [3.8, 4) is 5.75 Å². The van der Waals surface area contributed by atoms with Crippen LogP contribution in [0.2, 0.25) is 0 Å². The van der Waals surface area contributed by atoms with Crippen LogP contribution in [-0.4, -0.2) is 20.5 Å². The molecule has 0 bridgehead atoms. The van der Waals surface area contributed by atoms with Gasteiger partial charge in [0.25, 0.3) is 0 Å². The number of nitrogens with one attached hydrogen (secondary N) is 1. The Labute approximate surface area is 182 Å². The average molecular weight is 437 g/mol. The molecule has 0 saturated heterocycles. The Balaban J connectivity index is 1.46. The lowest BCUT2D eigenvalue weighted by molar-refractivity contribution is -0.121. The summed E-state index contributed by atoms with van der Waals surface area (Å²) in [5.41, 5.74) is 5.36. The summed E-state index contributed by atoms with van der Waals surface area (Å²) < 4.78 is 29.8. The van der Waals surface area contributed by atoms with Gasteiger partial charge in [-0.25, -0.2) is 5.43 Å². The molecule has 0 aromatic heterocycles. The van der Waals surface area contributed by atoms with Crippen LogP contribution < -0.4 is 9.61 Å². The first-order valence-corrected chi connectivity index (χ1v) is 11.3. The minimum atomic E-state index is -3.89. The van der Waals surface area contributed by atoms with Gasteiger partial charge in [-0.1, -0.05) is 48.0 Å². The van der Waals surface area contributed by atoms with E-state index in [9.17, 15) is 13.2 Å². The molecule has 0 atom stereocenters. The third-order valence-electron chi connectivity index (χ3n) is 4.51. The second kappa shape index (κ2) is 10.5. The van der Waals surface area contributed by atoms with Crippen molar-refractivity contribution < 1.29 is 17.4 Å². The number of hydrogen-bond donors (Lipinski definition) is 1. The number of rotatable bonds is 9. The van der Waals surface area contributed by atoms with E-state index >= 15 is 0 Å². The van der Waals surface area contributed by atoms with Gasteiger partial charge in [-0.05, 0) is 67.3 Å². The highest BCUT2D eigenvalue weighted by Gasteiger charge is 2.16. The fraction of sp³-hybridized carbons (Fsp3) is 0.167. The summed E-state index contributed by atoms with van der Waals surface area (Å²) in [4.78, 5) is 12.0. The monoisotopic (exact) mass is 436 g/mol. The Morgan fingerprint density at radius 1 is 0.968 bits per heavy atom. The lowest BCUT2D eigenvalue weighted by atomic mass is 10.1. The van der Waals surface area contributed by atoms with Gasteiger partial charge in [0.15, 0.2) is 0 Å². The maximum Gasteiger partial charge on any atom is 0.339 e. The highest BCUT2D eigenvalue weighted by molar-refractivity contribution is 7.87. The molecule has 6 nitrogen and oxygen atoms in total. The minimum Gasteiger partial charge on any atom is -0.379 e. The van der Waals surface area contributed by atoms with E-state index in [2.05, 4.69) is 10.5 Å². The van der Waals surface area contributed by atoms with Crippen LogP contribution >= 0.6 is 0 Å².